The molecule has 1 amide bonds. The van der Waals surface area contributed by atoms with E-state index < -0.39 is 17.3 Å². The average molecular weight is 369 g/mol. The van der Waals surface area contributed by atoms with Gasteiger partial charge in [-0.05, 0) is 44.2 Å². The third kappa shape index (κ3) is 4.31. The number of carbonyl (C=O) groups is 2. The zero-order valence-corrected chi connectivity index (χ0v) is 15.3. The summed E-state index contributed by atoms with van der Waals surface area (Å²) in [5.41, 5.74) is 0.509. The van der Waals surface area contributed by atoms with Gasteiger partial charge in [-0.3, -0.25) is 4.79 Å². The van der Waals surface area contributed by atoms with Crippen LogP contribution < -0.4 is 5.32 Å². The maximum absolute atomic E-state index is 13.2. The molecular weight excluding hydrogens is 349 g/mol. The molecule has 2 aromatic heterocycles. The van der Waals surface area contributed by atoms with Crippen molar-refractivity contribution in [1.29, 1.82) is 0 Å². The van der Waals surface area contributed by atoms with E-state index in [0.717, 1.165) is 17.1 Å². The van der Waals surface area contributed by atoms with Crippen molar-refractivity contribution >= 4 is 22.9 Å². The molecule has 0 aliphatic carbocycles. The van der Waals surface area contributed by atoms with Gasteiger partial charge < -0.3 is 14.6 Å². The minimum Gasteiger partial charge on any atom is -0.460 e. The van der Waals surface area contributed by atoms with Crippen molar-refractivity contribution < 1.29 is 18.7 Å². The molecule has 0 fully saturated rings. The maximum Gasteiger partial charge on any atom is 0.338 e. The number of nitrogens with one attached hydrogen (secondary N) is 1. The number of amides is 1. The predicted octanol–water partition coefficient (Wildman–Crippen LogP) is 3.08. The van der Waals surface area contributed by atoms with Crippen molar-refractivity contribution in [1.82, 2.24) is 14.9 Å². The van der Waals surface area contributed by atoms with Crippen LogP contribution in [-0.2, 0) is 11.8 Å². The van der Waals surface area contributed by atoms with E-state index in [0.29, 0.717) is 5.56 Å². The largest absolute Gasteiger partial charge is 0.460 e. The Morgan fingerprint density at radius 1 is 1.22 bits per heavy atom. The lowest BCUT2D eigenvalue weighted by molar-refractivity contribution is 0.0389. The summed E-state index contributed by atoms with van der Waals surface area (Å²) in [5, 5.41) is 3.69. The summed E-state index contributed by atoms with van der Waals surface area (Å²) in [6.45, 7) is 3.41. The number of pyridine rings is 1. The maximum atomic E-state index is 13.2. The fraction of sp³-hybridized carbons (Fsp3) is 0.250. The van der Waals surface area contributed by atoms with Crippen LogP contribution in [0.4, 0.5) is 4.39 Å². The lowest BCUT2D eigenvalue weighted by Gasteiger charge is -2.25. The molecular formula is C20H20FN3O3. The first-order chi connectivity index (χ1) is 12.7. The first kappa shape index (κ1) is 18.6. The molecule has 1 aromatic carbocycles. The second kappa shape index (κ2) is 7.19. The summed E-state index contributed by atoms with van der Waals surface area (Å²) in [6.07, 6.45) is 3.38. The third-order valence-electron chi connectivity index (χ3n) is 4.05. The van der Waals surface area contributed by atoms with Gasteiger partial charge in [0, 0.05) is 24.8 Å². The summed E-state index contributed by atoms with van der Waals surface area (Å²) >= 11 is 0. The smallest absolute Gasteiger partial charge is 0.338 e. The molecule has 0 aliphatic heterocycles. The van der Waals surface area contributed by atoms with Crippen LogP contribution in [0.25, 0.3) is 11.0 Å². The van der Waals surface area contributed by atoms with Crippen molar-refractivity contribution in [3.63, 3.8) is 0 Å². The van der Waals surface area contributed by atoms with E-state index >= 15 is 0 Å². The van der Waals surface area contributed by atoms with Crippen LogP contribution in [0.1, 0.15) is 34.6 Å². The van der Waals surface area contributed by atoms with Crippen LogP contribution in [0.2, 0.25) is 0 Å². The number of nitrogens with zero attached hydrogens (tertiary/aromatic N) is 2. The normalized spacial score (nSPS) is 11.4. The summed E-state index contributed by atoms with van der Waals surface area (Å²) < 4.78 is 20.3. The quantitative estimate of drug-likeness (QED) is 0.702. The molecule has 3 aromatic rings. The van der Waals surface area contributed by atoms with E-state index in [1.54, 1.807) is 19.9 Å². The van der Waals surface area contributed by atoms with E-state index in [4.69, 9.17) is 4.74 Å². The van der Waals surface area contributed by atoms with Crippen molar-refractivity contribution in [3.05, 3.63) is 65.7 Å². The van der Waals surface area contributed by atoms with Gasteiger partial charge in [-0.25, -0.2) is 14.2 Å². The van der Waals surface area contributed by atoms with Crippen LogP contribution in [0, 0.1) is 5.82 Å². The molecule has 0 unspecified atom stereocenters. The first-order valence-electron chi connectivity index (χ1n) is 8.41. The first-order valence-corrected chi connectivity index (χ1v) is 8.41. The summed E-state index contributed by atoms with van der Waals surface area (Å²) in [4.78, 5) is 28.9. The zero-order chi connectivity index (χ0) is 19.6. The van der Waals surface area contributed by atoms with Crippen LogP contribution in [0.15, 0.2) is 48.8 Å². The molecule has 27 heavy (non-hydrogen) atoms. The molecule has 1 N–H and O–H groups in total. The number of ether oxygens (including phenoxy) is 1. The SMILES string of the molecule is Cn1ccc2cc(C(=O)NC(C)(C)COC(=O)c3cccc(F)c3)cnc21. The van der Waals surface area contributed by atoms with Gasteiger partial charge >= 0.3 is 5.97 Å². The minimum absolute atomic E-state index is 0.0604. The molecule has 0 saturated carbocycles. The number of hydrogen-bond acceptors (Lipinski definition) is 4. The van der Waals surface area contributed by atoms with Crippen LogP contribution in [-0.4, -0.2) is 33.6 Å². The Morgan fingerprint density at radius 3 is 2.74 bits per heavy atom. The molecule has 0 spiro atoms. The number of carbonyl (C=O) groups excluding carboxylic acids is 2. The number of halogens is 1. The predicted molar refractivity (Wildman–Crippen MR) is 98.9 cm³/mol. The van der Waals surface area contributed by atoms with Crippen molar-refractivity contribution in [3.8, 4) is 0 Å². The molecule has 140 valence electrons. The molecule has 6 nitrogen and oxygen atoms in total. The fourth-order valence-corrected chi connectivity index (χ4v) is 2.64. The highest BCUT2D eigenvalue weighted by Crippen LogP contribution is 2.15. The van der Waals surface area contributed by atoms with E-state index in [-0.39, 0.29) is 18.1 Å². The lowest BCUT2D eigenvalue weighted by atomic mass is 10.1. The van der Waals surface area contributed by atoms with Crippen molar-refractivity contribution in [2.75, 3.05) is 6.61 Å². The number of aryl methyl sites for hydroxylation is 1. The third-order valence-corrected chi connectivity index (χ3v) is 4.05. The molecule has 0 saturated heterocycles. The fourth-order valence-electron chi connectivity index (χ4n) is 2.64. The number of fused-ring (bicyclic) bond motifs is 1. The number of benzene rings is 1. The second-order valence-electron chi connectivity index (χ2n) is 6.99. The minimum atomic E-state index is -0.814. The Kier molecular flexibility index (Phi) is 4.94. The molecule has 0 atom stereocenters. The highest BCUT2D eigenvalue weighted by molar-refractivity contribution is 5.97. The number of esters is 1. The van der Waals surface area contributed by atoms with E-state index in [9.17, 15) is 14.0 Å². The Hall–Kier alpha value is -3.22. The highest BCUT2D eigenvalue weighted by Gasteiger charge is 2.24. The Bertz CT molecular complexity index is 1010. The Labute approximate surface area is 156 Å². The molecule has 7 heteroatoms. The molecule has 0 radical (unpaired) electrons. The van der Waals surface area contributed by atoms with Gasteiger partial charge in [-0.2, -0.15) is 0 Å². The summed E-state index contributed by atoms with van der Waals surface area (Å²) in [6, 6.07) is 8.90. The van der Waals surface area contributed by atoms with Crippen LogP contribution in [0.3, 0.4) is 0 Å². The highest BCUT2D eigenvalue weighted by atomic mass is 19.1. The van der Waals surface area contributed by atoms with Crippen molar-refractivity contribution in [2.24, 2.45) is 7.05 Å². The topological polar surface area (TPSA) is 73.2 Å². The standard InChI is InChI=1S/C20H20FN3O3/c1-20(2,12-27-19(26)14-5-4-6-16(21)10-14)23-18(25)15-9-13-7-8-24(3)17(13)22-11-15/h4-11H,12H2,1-3H3,(H,23,25). The van der Waals surface area contributed by atoms with Gasteiger partial charge in [0.2, 0.25) is 0 Å². The van der Waals surface area contributed by atoms with Crippen LogP contribution >= 0.6 is 0 Å². The van der Waals surface area contributed by atoms with Crippen molar-refractivity contribution in [2.45, 2.75) is 19.4 Å². The average Bonchev–Trinajstić information content (AvgIpc) is 3.00. The van der Waals surface area contributed by atoms with Crippen LogP contribution in [0.5, 0.6) is 0 Å². The number of hydrogen-bond donors (Lipinski definition) is 1. The summed E-state index contributed by atoms with van der Waals surface area (Å²) in [5.74, 6) is -1.48. The molecule has 0 bridgehead atoms. The number of aromatic nitrogens is 2. The van der Waals surface area contributed by atoms with Gasteiger partial charge in [0.05, 0.1) is 16.7 Å². The van der Waals surface area contributed by atoms with Gasteiger partial charge in [-0.1, -0.05) is 6.07 Å². The van der Waals surface area contributed by atoms with E-state index in [2.05, 4.69) is 10.3 Å². The van der Waals surface area contributed by atoms with Gasteiger partial charge in [-0.15, -0.1) is 0 Å². The second-order valence-corrected chi connectivity index (χ2v) is 6.99. The molecule has 3 rings (SSSR count). The molecule has 0 aliphatic rings. The summed E-state index contributed by atoms with van der Waals surface area (Å²) in [7, 11) is 1.88. The van der Waals surface area contributed by atoms with Gasteiger partial charge in [0.1, 0.15) is 18.1 Å². The number of rotatable bonds is 5. The Balaban J connectivity index is 1.64. The molecule has 2 heterocycles. The zero-order valence-electron chi connectivity index (χ0n) is 15.3. The van der Waals surface area contributed by atoms with Gasteiger partial charge in [0.25, 0.3) is 5.91 Å². The Morgan fingerprint density at radius 2 is 2.00 bits per heavy atom. The van der Waals surface area contributed by atoms with Gasteiger partial charge in [0.15, 0.2) is 0 Å². The van der Waals surface area contributed by atoms with E-state index in [1.807, 2.05) is 23.9 Å². The lowest BCUT2D eigenvalue weighted by Crippen LogP contribution is -2.47. The van der Waals surface area contributed by atoms with E-state index in [1.165, 1.54) is 24.4 Å². The monoisotopic (exact) mass is 369 g/mol.